The summed E-state index contributed by atoms with van der Waals surface area (Å²) >= 11 is 3.43. The molecule has 1 aromatic heterocycles. The van der Waals surface area contributed by atoms with Crippen LogP contribution in [0.4, 0.5) is 8.78 Å². The van der Waals surface area contributed by atoms with E-state index in [0.29, 0.717) is 0 Å². The molecule has 0 bridgehead atoms. The van der Waals surface area contributed by atoms with Gasteiger partial charge in [0.15, 0.2) is 11.6 Å². The second-order valence-corrected chi connectivity index (χ2v) is 5.91. The molecular formula is C14H17BrF2N4. The Labute approximate surface area is 130 Å². The Bertz CT molecular complexity index is 627. The summed E-state index contributed by atoms with van der Waals surface area (Å²) in [6, 6.07) is 3.86. The van der Waals surface area contributed by atoms with Gasteiger partial charge in [-0.1, -0.05) is 12.1 Å². The number of hydrogen-bond donors (Lipinski definition) is 2. The van der Waals surface area contributed by atoms with Gasteiger partial charge in [-0.3, -0.25) is 16.0 Å². The van der Waals surface area contributed by atoms with Crippen LogP contribution in [0, 0.1) is 11.6 Å². The smallest absolute Gasteiger partial charge is 0.162 e. The predicted molar refractivity (Wildman–Crippen MR) is 80.4 cm³/mol. The lowest BCUT2D eigenvalue weighted by Gasteiger charge is -2.20. The Morgan fingerprint density at radius 2 is 2.10 bits per heavy atom. The summed E-state index contributed by atoms with van der Waals surface area (Å²) in [5, 5.41) is 4.27. The third kappa shape index (κ3) is 3.30. The molecule has 0 aliphatic rings. The van der Waals surface area contributed by atoms with Crippen molar-refractivity contribution < 1.29 is 8.78 Å². The van der Waals surface area contributed by atoms with E-state index in [1.165, 1.54) is 6.07 Å². The zero-order chi connectivity index (χ0) is 15.6. The molecule has 0 radical (unpaired) electrons. The van der Waals surface area contributed by atoms with Crippen molar-refractivity contribution in [2.75, 3.05) is 0 Å². The highest BCUT2D eigenvalue weighted by Gasteiger charge is 2.22. The molecule has 1 atom stereocenters. The Balaban J connectivity index is 2.37. The van der Waals surface area contributed by atoms with E-state index in [9.17, 15) is 8.78 Å². The number of nitrogens with one attached hydrogen (secondary N) is 1. The van der Waals surface area contributed by atoms with Crippen LogP contribution in [0.15, 0.2) is 28.9 Å². The summed E-state index contributed by atoms with van der Waals surface area (Å²) in [6.07, 6.45) is 1.89. The van der Waals surface area contributed by atoms with E-state index in [-0.39, 0.29) is 24.1 Å². The third-order valence-corrected chi connectivity index (χ3v) is 3.87. The van der Waals surface area contributed by atoms with Crippen LogP contribution < -0.4 is 11.3 Å². The summed E-state index contributed by atoms with van der Waals surface area (Å²) in [7, 11) is 0. The summed E-state index contributed by atoms with van der Waals surface area (Å²) < 4.78 is 29.7. The van der Waals surface area contributed by atoms with Crippen molar-refractivity contribution in [3.05, 3.63) is 51.8 Å². The Morgan fingerprint density at radius 3 is 2.71 bits per heavy atom. The molecule has 0 spiro atoms. The fourth-order valence-electron chi connectivity index (χ4n) is 2.25. The van der Waals surface area contributed by atoms with Gasteiger partial charge in [0, 0.05) is 6.04 Å². The van der Waals surface area contributed by atoms with E-state index in [2.05, 4.69) is 26.5 Å². The second-order valence-electron chi connectivity index (χ2n) is 5.05. The molecule has 0 saturated heterocycles. The summed E-state index contributed by atoms with van der Waals surface area (Å²) in [5.74, 6) is 3.91. The minimum absolute atomic E-state index is 0.125. The number of halogens is 3. The number of aromatic nitrogens is 2. The van der Waals surface area contributed by atoms with Crippen molar-refractivity contribution in [1.29, 1.82) is 0 Å². The lowest BCUT2D eigenvalue weighted by molar-refractivity contribution is 0.436. The quantitative estimate of drug-likeness (QED) is 0.637. The normalized spacial score (nSPS) is 12.9. The Kier molecular flexibility index (Phi) is 5.08. The molecule has 114 valence electrons. The van der Waals surface area contributed by atoms with Crippen molar-refractivity contribution in [3.63, 3.8) is 0 Å². The molecule has 1 aromatic carbocycles. The van der Waals surface area contributed by atoms with E-state index in [1.807, 2.05) is 13.8 Å². The molecule has 0 aliphatic carbocycles. The number of nitrogens with zero attached hydrogens (tertiary/aromatic N) is 2. The topological polar surface area (TPSA) is 55.9 Å². The van der Waals surface area contributed by atoms with Gasteiger partial charge in [0.25, 0.3) is 0 Å². The van der Waals surface area contributed by atoms with Crippen LogP contribution in [0.2, 0.25) is 0 Å². The maximum atomic E-state index is 13.8. The van der Waals surface area contributed by atoms with E-state index in [4.69, 9.17) is 5.84 Å². The fraction of sp³-hybridized carbons (Fsp3) is 0.357. The number of hydrogen-bond acceptors (Lipinski definition) is 3. The van der Waals surface area contributed by atoms with Crippen molar-refractivity contribution >= 4 is 15.9 Å². The van der Waals surface area contributed by atoms with Crippen LogP contribution in [0.25, 0.3) is 0 Å². The molecular weight excluding hydrogens is 342 g/mol. The van der Waals surface area contributed by atoms with Gasteiger partial charge in [0.05, 0.1) is 22.4 Å². The van der Waals surface area contributed by atoms with Crippen LogP contribution >= 0.6 is 15.9 Å². The largest absolute Gasteiger partial charge is 0.271 e. The number of rotatable bonds is 5. The third-order valence-electron chi connectivity index (χ3n) is 3.26. The fourth-order valence-corrected chi connectivity index (χ4v) is 2.80. The standard InChI is InChI=1S/C14H17BrF2N4/c1-8(2)21-14(10(15)7-19-21)12(20-18)6-9-4-3-5-11(16)13(9)17/h3-5,7-8,12,20H,6,18H2,1-2H3. The highest BCUT2D eigenvalue weighted by atomic mass is 79.9. The lowest BCUT2D eigenvalue weighted by atomic mass is 10.0. The molecule has 3 N–H and O–H groups in total. The monoisotopic (exact) mass is 358 g/mol. The van der Waals surface area contributed by atoms with Crippen LogP contribution in [0.5, 0.6) is 0 Å². The first-order valence-corrected chi connectivity index (χ1v) is 7.37. The van der Waals surface area contributed by atoms with Crippen LogP contribution in [0.3, 0.4) is 0 Å². The highest BCUT2D eigenvalue weighted by molar-refractivity contribution is 9.10. The van der Waals surface area contributed by atoms with Gasteiger partial charge in [0.1, 0.15) is 0 Å². The number of hydrazine groups is 1. The predicted octanol–water partition coefficient (Wildman–Crippen LogP) is 3.25. The average molecular weight is 359 g/mol. The zero-order valence-electron chi connectivity index (χ0n) is 11.8. The first-order valence-electron chi connectivity index (χ1n) is 6.57. The van der Waals surface area contributed by atoms with E-state index in [1.54, 1.807) is 16.9 Å². The van der Waals surface area contributed by atoms with E-state index < -0.39 is 11.6 Å². The van der Waals surface area contributed by atoms with Gasteiger partial charge in [-0.05, 0) is 47.8 Å². The van der Waals surface area contributed by atoms with Crippen molar-refractivity contribution in [2.45, 2.75) is 32.4 Å². The molecule has 2 rings (SSSR count). The van der Waals surface area contributed by atoms with Gasteiger partial charge in [-0.15, -0.1) is 0 Å². The molecule has 0 amide bonds. The van der Waals surface area contributed by atoms with Gasteiger partial charge in [-0.25, -0.2) is 8.78 Å². The van der Waals surface area contributed by atoms with Crippen molar-refractivity contribution in [2.24, 2.45) is 5.84 Å². The average Bonchev–Trinajstić information content (AvgIpc) is 2.82. The molecule has 0 aliphatic heterocycles. The summed E-state index contributed by atoms with van der Waals surface area (Å²) in [4.78, 5) is 0. The molecule has 7 heteroatoms. The lowest BCUT2D eigenvalue weighted by Crippen LogP contribution is -2.32. The maximum absolute atomic E-state index is 13.8. The molecule has 1 heterocycles. The first-order chi connectivity index (χ1) is 9.95. The van der Waals surface area contributed by atoms with Crippen molar-refractivity contribution in [3.8, 4) is 0 Å². The first kappa shape index (κ1) is 16.1. The molecule has 0 saturated carbocycles. The Morgan fingerprint density at radius 1 is 1.38 bits per heavy atom. The SMILES string of the molecule is CC(C)n1ncc(Br)c1C(Cc1cccc(F)c1F)NN. The second kappa shape index (κ2) is 6.64. The van der Waals surface area contributed by atoms with Crippen LogP contribution in [-0.2, 0) is 6.42 Å². The molecule has 2 aromatic rings. The van der Waals surface area contributed by atoms with Crippen molar-refractivity contribution in [1.82, 2.24) is 15.2 Å². The Hall–Kier alpha value is -1.31. The highest BCUT2D eigenvalue weighted by Crippen LogP contribution is 2.28. The van der Waals surface area contributed by atoms with E-state index >= 15 is 0 Å². The minimum Gasteiger partial charge on any atom is -0.271 e. The summed E-state index contributed by atoms with van der Waals surface area (Å²) in [5.41, 5.74) is 3.72. The zero-order valence-corrected chi connectivity index (χ0v) is 13.4. The van der Waals surface area contributed by atoms with Gasteiger partial charge in [0.2, 0.25) is 0 Å². The van der Waals surface area contributed by atoms with Crippen LogP contribution in [-0.4, -0.2) is 9.78 Å². The van der Waals surface area contributed by atoms with Gasteiger partial charge < -0.3 is 0 Å². The molecule has 4 nitrogen and oxygen atoms in total. The number of nitrogens with two attached hydrogens (primary N) is 1. The van der Waals surface area contributed by atoms with Gasteiger partial charge >= 0.3 is 0 Å². The molecule has 0 fully saturated rings. The van der Waals surface area contributed by atoms with Crippen LogP contribution in [0.1, 0.15) is 37.2 Å². The van der Waals surface area contributed by atoms with E-state index in [0.717, 1.165) is 16.2 Å². The van der Waals surface area contributed by atoms with Gasteiger partial charge in [-0.2, -0.15) is 5.10 Å². The molecule has 1 unspecified atom stereocenters. The maximum Gasteiger partial charge on any atom is 0.162 e. The summed E-state index contributed by atoms with van der Waals surface area (Å²) in [6.45, 7) is 3.97. The molecule has 21 heavy (non-hydrogen) atoms. The minimum atomic E-state index is -0.861. The number of benzene rings is 1.